The Bertz CT molecular complexity index is 445. The van der Waals surface area contributed by atoms with Crippen molar-refractivity contribution in [2.75, 3.05) is 6.54 Å². The average molecular weight is 201 g/mol. The summed E-state index contributed by atoms with van der Waals surface area (Å²) in [4.78, 5) is 15.3. The first-order valence-electron chi connectivity index (χ1n) is 4.87. The van der Waals surface area contributed by atoms with Crippen molar-refractivity contribution in [3.63, 3.8) is 0 Å². The highest BCUT2D eigenvalue weighted by molar-refractivity contribution is 5.95. The first-order chi connectivity index (χ1) is 7.25. The number of amides is 1. The summed E-state index contributed by atoms with van der Waals surface area (Å²) in [6.45, 7) is 0.911. The maximum Gasteiger partial charge on any atom is 0.250 e. The molecule has 0 saturated heterocycles. The molecule has 0 aromatic heterocycles. The van der Waals surface area contributed by atoms with Gasteiger partial charge in [0.05, 0.1) is 5.57 Å². The maximum atomic E-state index is 11.1. The Hall–Kier alpha value is -1.97. The van der Waals surface area contributed by atoms with Crippen LogP contribution in [0.2, 0.25) is 0 Å². The molecule has 3 heterocycles. The third kappa shape index (κ3) is 1.11. The second-order valence-corrected chi connectivity index (χ2v) is 3.81. The number of rotatable bonds is 1. The predicted octanol–water partition coefficient (Wildman–Crippen LogP) is 0.280. The van der Waals surface area contributed by atoms with Crippen LogP contribution in [-0.4, -0.2) is 28.4 Å². The lowest BCUT2D eigenvalue weighted by Crippen LogP contribution is -2.41. The largest absolute Gasteiger partial charge is 0.366 e. The van der Waals surface area contributed by atoms with Crippen molar-refractivity contribution >= 4 is 5.91 Å². The second kappa shape index (κ2) is 2.76. The van der Waals surface area contributed by atoms with Crippen molar-refractivity contribution in [2.45, 2.75) is 6.17 Å². The zero-order valence-corrected chi connectivity index (χ0v) is 8.13. The van der Waals surface area contributed by atoms with E-state index in [2.05, 4.69) is 17.1 Å². The van der Waals surface area contributed by atoms with Crippen LogP contribution in [0.25, 0.3) is 0 Å². The Morgan fingerprint density at radius 2 is 2.33 bits per heavy atom. The van der Waals surface area contributed by atoms with Crippen molar-refractivity contribution < 1.29 is 4.79 Å². The Balaban J connectivity index is 2.08. The average Bonchev–Trinajstić information content (AvgIpc) is 2.64. The molecular formula is C11H11N3O. The molecule has 3 aliphatic heterocycles. The van der Waals surface area contributed by atoms with Crippen molar-refractivity contribution in [1.82, 2.24) is 9.80 Å². The van der Waals surface area contributed by atoms with E-state index in [0.29, 0.717) is 5.57 Å². The van der Waals surface area contributed by atoms with Crippen LogP contribution in [-0.2, 0) is 4.79 Å². The van der Waals surface area contributed by atoms with E-state index in [9.17, 15) is 4.79 Å². The molecule has 3 aliphatic rings. The summed E-state index contributed by atoms with van der Waals surface area (Å²) in [5.41, 5.74) is 6.95. The molecule has 0 aromatic rings. The third-order valence-corrected chi connectivity index (χ3v) is 2.85. The summed E-state index contributed by atoms with van der Waals surface area (Å²) in [6, 6.07) is 0. The van der Waals surface area contributed by atoms with Crippen LogP contribution in [0.4, 0.5) is 0 Å². The van der Waals surface area contributed by atoms with Crippen LogP contribution in [0.5, 0.6) is 0 Å². The van der Waals surface area contributed by atoms with Gasteiger partial charge in [-0.05, 0) is 11.6 Å². The molecule has 4 heteroatoms. The maximum absolute atomic E-state index is 11.1. The molecule has 0 spiro atoms. The van der Waals surface area contributed by atoms with E-state index in [4.69, 9.17) is 5.73 Å². The van der Waals surface area contributed by atoms with Gasteiger partial charge in [0.1, 0.15) is 6.17 Å². The van der Waals surface area contributed by atoms with Crippen molar-refractivity contribution in [3.05, 3.63) is 48.0 Å². The molecule has 0 radical (unpaired) electrons. The number of primary amides is 1. The minimum absolute atomic E-state index is 0.220. The summed E-state index contributed by atoms with van der Waals surface area (Å²) in [5.74, 6) is -0.383. The molecule has 76 valence electrons. The second-order valence-electron chi connectivity index (χ2n) is 3.81. The topological polar surface area (TPSA) is 49.6 Å². The van der Waals surface area contributed by atoms with Gasteiger partial charge in [0.25, 0.3) is 0 Å². The fraction of sp³-hybridized carbons (Fsp3) is 0.182. The summed E-state index contributed by atoms with van der Waals surface area (Å²) in [6.07, 6.45) is 12.0. The first-order valence-corrected chi connectivity index (χ1v) is 4.87. The quantitative estimate of drug-likeness (QED) is 0.663. The number of carbonyl (C=O) groups excluding carboxylic acids is 1. The number of hydrogen-bond acceptors (Lipinski definition) is 3. The highest BCUT2D eigenvalue weighted by Crippen LogP contribution is 2.31. The van der Waals surface area contributed by atoms with Gasteiger partial charge in [0.2, 0.25) is 5.91 Å². The standard InChI is InChI=1S/C11H11N3O/c12-10(15)9-6-8-2-1-3-13-4-5-14(7-9)11(8)13/h1-2,4-7,11H,3H2,(H2,12,15). The van der Waals surface area contributed by atoms with Gasteiger partial charge in [-0.2, -0.15) is 0 Å². The fourth-order valence-electron chi connectivity index (χ4n) is 2.17. The van der Waals surface area contributed by atoms with Crippen LogP contribution in [0.3, 0.4) is 0 Å². The molecule has 0 aliphatic carbocycles. The third-order valence-electron chi connectivity index (χ3n) is 2.85. The van der Waals surface area contributed by atoms with Gasteiger partial charge < -0.3 is 15.5 Å². The summed E-state index contributed by atoms with van der Waals surface area (Å²) >= 11 is 0. The lowest BCUT2D eigenvalue weighted by molar-refractivity contribution is -0.114. The SMILES string of the molecule is NC(=O)C1=CN2C=CN3CC=CC(=C1)C23. The molecule has 0 bridgehead atoms. The van der Waals surface area contributed by atoms with Gasteiger partial charge in [-0.25, -0.2) is 0 Å². The van der Waals surface area contributed by atoms with Crippen LogP contribution in [0, 0.1) is 0 Å². The molecule has 4 nitrogen and oxygen atoms in total. The van der Waals surface area contributed by atoms with Crippen LogP contribution < -0.4 is 5.73 Å². The van der Waals surface area contributed by atoms with E-state index < -0.39 is 0 Å². The van der Waals surface area contributed by atoms with Crippen LogP contribution >= 0.6 is 0 Å². The van der Waals surface area contributed by atoms with Gasteiger partial charge in [-0.15, -0.1) is 0 Å². The monoisotopic (exact) mass is 201 g/mol. The number of nitrogens with two attached hydrogens (primary N) is 1. The molecule has 3 rings (SSSR count). The van der Waals surface area contributed by atoms with E-state index in [1.165, 1.54) is 0 Å². The molecule has 1 atom stereocenters. The fourth-order valence-corrected chi connectivity index (χ4v) is 2.17. The molecule has 0 saturated carbocycles. The minimum atomic E-state index is -0.383. The van der Waals surface area contributed by atoms with Gasteiger partial charge in [0.15, 0.2) is 0 Å². The molecule has 0 fully saturated rings. The highest BCUT2D eigenvalue weighted by atomic mass is 16.1. The molecule has 0 aromatic carbocycles. The number of carbonyl (C=O) groups is 1. The number of nitrogens with zero attached hydrogens (tertiary/aromatic N) is 2. The van der Waals surface area contributed by atoms with Crippen LogP contribution in [0.1, 0.15) is 0 Å². The minimum Gasteiger partial charge on any atom is -0.366 e. The molecule has 2 N–H and O–H groups in total. The van der Waals surface area contributed by atoms with E-state index in [1.54, 1.807) is 6.20 Å². The van der Waals surface area contributed by atoms with Gasteiger partial charge in [-0.1, -0.05) is 12.2 Å². The van der Waals surface area contributed by atoms with Gasteiger partial charge in [-0.3, -0.25) is 4.79 Å². The summed E-state index contributed by atoms with van der Waals surface area (Å²) in [7, 11) is 0. The zero-order chi connectivity index (χ0) is 10.4. The Morgan fingerprint density at radius 3 is 3.13 bits per heavy atom. The Labute approximate surface area is 87.6 Å². The lowest BCUT2D eigenvalue weighted by Gasteiger charge is -2.36. The molecule has 1 unspecified atom stereocenters. The van der Waals surface area contributed by atoms with E-state index in [1.807, 2.05) is 23.4 Å². The Kier molecular flexibility index (Phi) is 1.54. The summed E-state index contributed by atoms with van der Waals surface area (Å²) in [5, 5.41) is 0. The zero-order valence-electron chi connectivity index (χ0n) is 8.13. The highest BCUT2D eigenvalue weighted by Gasteiger charge is 2.32. The van der Waals surface area contributed by atoms with E-state index in [0.717, 1.165) is 12.1 Å². The molecule has 1 amide bonds. The normalized spacial score (nSPS) is 26.3. The smallest absolute Gasteiger partial charge is 0.250 e. The first kappa shape index (κ1) is 8.35. The van der Waals surface area contributed by atoms with E-state index >= 15 is 0 Å². The number of hydrogen-bond donors (Lipinski definition) is 1. The van der Waals surface area contributed by atoms with Crippen molar-refractivity contribution in [1.29, 1.82) is 0 Å². The van der Waals surface area contributed by atoms with E-state index in [-0.39, 0.29) is 12.1 Å². The molecule has 15 heavy (non-hydrogen) atoms. The van der Waals surface area contributed by atoms with Crippen molar-refractivity contribution in [2.24, 2.45) is 5.73 Å². The van der Waals surface area contributed by atoms with Crippen LogP contribution in [0.15, 0.2) is 48.0 Å². The van der Waals surface area contributed by atoms with Gasteiger partial charge in [0, 0.05) is 25.1 Å². The summed E-state index contributed by atoms with van der Waals surface area (Å²) < 4.78 is 0. The van der Waals surface area contributed by atoms with Gasteiger partial charge >= 0.3 is 0 Å². The Morgan fingerprint density at radius 1 is 1.47 bits per heavy atom. The van der Waals surface area contributed by atoms with Crippen molar-refractivity contribution in [3.8, 4) is 0 Å². The lowest BCUT2D eigenvalue weighted by atomic mass is 10.0. The molecular weight excluding hydrogens is 190 g/mol. The predicted molar refractivity (Wildman–Crippen MR) is 56.0 cm³/mol.